The summed E-state index contributed by atoms with van der Waals surface area (Å²) >= 11 is 1.66. The number of thioether (sulfide) groups is 1. The minimum absolute atomic E-state index is 0.0662. The second-order valence-electron chi connectivity index (χ2n) is 6.53. The van der Waals surface area contributed by atoms with E-state index in [1.807, 2.05) is 39.0 Å². The van der Waals surface area contributed by atoms with Crippen molar-refractivity contribution < 1.29 is 9.18 Å². The molecule has 0 radical (unpaired) electrons. The van der Waals surface area contributed by atoms with Crippen LogP contribution in [0.1, 0.15) is 32.8 Å². The van der Waals surface area contributed by atoms with Gasteiger partial charge in [0.15, 0.2) is 0 Å². The van der Waals surface area contributed by atoms with Crippen LogP contribution in [0.3, 0.4) is 0 Å². The van der Waals surface area contributed by atoms with E-state index in [4.69, 9.17) is 5.73 Å². The zero-order chi connectivity index (χ0) is 16.3. The van der Waals surface area contributed by atoms with Crippen LogP contribution in [-0.2, 0) is 10.5 Å². The summed E-state index contributed by atoms with van der Waals surface area (Å²) in [5.41, 5.74) is 7.42. The van der Waals surface area contributed by atoms with Crippen molar-refractivity contribution in [1.82, 2.24) is 4.90 Å². The monoisotopic (exact) mass is 324 g/mol. The SMILES string of the molecule is C[C@@H]1C[C@H](F)CN1C(=O)C(N)C(C)(C)SCc1ccccc1. The van der Waals surface area contributed by atoms with Gasteiger partial charge in [-0.15, -0.1) is 11.8 Å². The molecule has 1 aliphatic rings. The highest BCUT2D eigenvalue weighted by atomic mass is 32.2. The van der Waals surface area contributed by atoms with Crippen molar-refractivity contribution in [2.24, 2.45) is 5.73 Å². The summed E-state index contributed by atoms with van der Waals surface area (Å²) in [6.45, 7) is 6.02. The minimum atomic E-state index is -0.925. The maximum atomic E-state index is 13.5. The first-order chi connectivity index (χ1) is 10.3. The predicted molar refractivity (Wildman–Crippen MR) is 90.5 cm³/mol. The normalized spacial score (nSPS) is 23.6. The van der Waals surface area contributed by atoms with Crippen LogP contribution in [0.25, 0.3) is 0 Å². The standard InChI is InChI=1S/C17H25FN2OS/c1-12-9-14(18)10-20(12)16(21)15(19)17(2,3)22-11-13-7-5-4-6-8-13/h4-8,12,14-15H,9-11,19H2,1-3H3/t12-,14+,15?/m1/s1. The molecule has 1 unspecified atom stereocenters. The highest BCUT2D eigenvalue weighted by molar-refractivity contribution is 7.99. The fraction of sp³-hybridized carbons (Fsp3) is 0.588. The largest absolute Gasteiger partial charge is 0.336 e. The van der Waals surface area contributed by atoms with Crippen molar-refractivity contribution >= 4 is 17.7 Å². The lowest BCUT2D eigenvalue weighted by atomic mass is 10.0. The van der Waals surface area contributed by atoms with Gasteiger partial charge in [-0.1, -0.05) is 30.3 Å². The Morgan fingerprint density at radius 3 is 2.64 bits per heavy atom. The quantitative estimate of drug-likeness (QED) is 0.906. The second kappa shape index (κ2) is 7.01. The first kappa shape index (κ1) is 17.3. The van der Waals surface area contributed by atoms with Crippen molar-refractivity contribution in [3.8, 4) is 0 Å². The van der Waals surface area contributed by atoms with Gasteiger partial charge >= 0.3 is 0 Å². The average molecular weight is 324 g/mol. The Morgan fingerprint density at radius 1 is 1.45 bits per heavy atom. The summed E-state index contributed by atoms with van der Waals surface area (Å²) in [4.78, 5) is 14.2. The third-order valence-electron chi connectivity index (χ3n) is 4.28. The molecule has 0 aromatic heterocycles. The van der Waals surface area contributed by atoms with Crippen molar-refractivity contribution in [2.75, 3.05) is 6.54 Å². The molecule has 1 aromatic rings. The Kier molecular flexibility index (Phi) is 5.50. The summed E-state index contributed by atoms with van der Waals surface area (Å²) in [5, 5.41) is 0. The Balaban J connectivity index is 1.97. The molecule has 1 aromatic carbocycles. The average Bonchev–Trinajstić information content (AvgIpc) is 2.83. The predicted octanol–water partition coefficient (Wildman–Crippen LogP) is 2.98. The molecule has 1 amide bonds. The number of benzene rings is 1. The molecule has 5 heteroatoms. The highest BCUT2D eigenvalue weighted by Crippen LogP contribution is 2.32. The van der Waals surface area contributed by atoms with E-state index in [2.05, 4.69) is 12.1 Å². The van der Waals surface area contributed by atoms with Gasteiger partial charge in [0.1, 0.15) is 6.17 Å². The molecule has 22 heavy (non-hydrogen) atoms. The molecule has 0 aliphatic carbocycles. The molecule has 0 bridgehead atoms. The molecule has 1 aliphatic heterocycles. The third kappa shape index (κ3) is 4.02. The Hall–Kier alpha value is -1.07. The number of amides is 1. The molecular formula is C17H25FN2OS. The number of nitrogens with zero attached hydrogens (tertiary/aromatic N) is 1. The summed E-state index contributed by atoms with van der Waals surface area (Å²) in [6.07, 6.45) is -0.512. The number of nitrogens with two attached hydrogens (primary N) is 1. The van der Waals surface area contributed by atoms with Gasteiger partial charge < -0.3 is 10.6 Å². The number of hydrogen-bond acceptors (Lipinski definition) is 3. The highest BCUT2D eigenvalue weighted by Gasteiger charge is 2.40. The molecule has 0 spiro atoms. The van der Waals surface area contributed by atoms with Gasteiger partial charge in [0.25, 0.3) is 0 Å². The van der Waals surface area contributed by atoms with Gasteiger partial charge in [-0.25, -0.2) is 4.39 Å². The lowest BCUT2D eigenvalue weighted by molar-refractivity contribution is -0.133. The summed E-state index contributed by atoms with van der Waals surface area (Å²) in [5.74, 6) is 0.661. The zero-order valence-corrected chi connectivity index (χ0v) is 14.3. The van der Waals surface area contributed by atoms with Crippen LogP contribution in [0.4, 0.5) is 4.39 Å². The van der Waals surface area contributed by atoms with E-state index in [0.29, 0.717) is 6.42 Å². The summed E-state index contributed by atoms with van der Waals surface area (Å²) in [6, 6.07) is 9.41. The lowest BCUT2D eigenvalue weighted by Gasteiger charge is -2.34. The fourth-order valence-corrected chi connectivity index (χ4v) is 3.69. The Morgan fingerprint density at radius 2 is 2.09 bits per heavy atom. The molecule has 0 saturated carbocycles. The van der Waals surface area contributed by atoms with Crippen molar-refractivity contribution in [2.45, 2.75) is 55.9 Å². The number of carbonyl (C=O) groups is 1. The number of carbonyl (C=O) groups excluding carboxylic acids is 1. The van der Waals surface area contributed by atoms with Gasteiger partial charge in [-0.2, -0.15) is 0 Å². The van der Waals surface area contributed by atoms with Crippen LogP contribution in [-0.4, -0.2) is 40.4 Å². The molecule has 3 nitrogen and oxygen atoms in total. The van der Waals surface area contributed by atoms with Gasteiger partial charge in [0, 0.05) is 23.0 Å². The van der Waals surface area contributed by atoms with E-state index in [9.17, 15) is 9.18 Å². The lowest BCUT2D eigenvalue weighted by Crippen LogP contribution is -2.54. The van der Waals surface area contributed by atoms with Crippen molar-refractivity contribution in [1.29, 1.82) is 0 Å². The molecule has 3 atom stereocenters. The van der Waals surface area contributed by atoms with Crippen LogP contribution >= 0.6 is 11.8 Å². The van der Waals surface area contributed by atoms with Crippen LogP contribution in [0, 0.1) is 0 Å². The van der Waals surface area contributed by atoms with E-state index in [1.165, 1.54) is 5.56 Å². The minimum Gasteiger partial charge on any atom is -0.336 e. The number of alkyl halides is 1. The molecule has 1 heterocycles. The Labute approximate surface area is 136 Å². The maximum Gasteiger partial charge on any atom is 0.241 e. The molecule has 2 N–H and O–H groups in total. The summed E-state index contributed by atoms with van der Waals surface area (Å²) in [7, 11) is 0. The van der Waals surface area contributed by atoms with Gasteiger partial charge in [-0.3, -0.25) is 4.79 Å². The van der Waals surface area contributed by atoms with Gasteiger partial charge in [0.05, 0.1) is 12.6 Å². The van der Waals surface area contributed by atoms with Crippen molar-refractivity contribution in [3.63, 3.8) is 0 Å². The van der Waals surface area contributed by atoms with E-state index in [1.54, 1.807) is 16.7 Å². The maximum absolute atomic E-state index is 13.5. The van der Waals surface area contributed by atoms with Crippen LogP contribution < -0.4 is 5.73 Å². The molecule has 2 rings (SSSR count). The molecular weight excluding hydrogens is 299 g/mol. The smallest absolute Gasteiger partial charge is 0.241 e. The van der Waals surface area contributed by atoms with E-state index in [0.717, 1.165) is 5.75 Å². The molecule has 122 valence electrons. The summed E-state index contributed by atoms with van der Waals surface area (Å²) < 4.78 is 13.1. The number of hydrogen-bond donors (Lipinski definition) is 1. The van der Waals surface area contributed by atoms with Crippen LogP contribution in [0.2, 0.25) is 0 Å². The molecule has 1 fully saturated rings. The third-order valence-corrected chi connectivity index (χ3v) is 5.75. The number of likely N-dealkylation sites (tertiary alicyclic amines) is 1. The van der Waals surface area contributed by atoms with Crippen LogP contribution in [0.15, 0.2) is 30.3 Å². The topological polar surface area (TPSA) is 46.3 Å². The number of halogens is 1. The first-order valence-electron chi connectivity index (χ1n) is 7.69. The van der Waals surface area contributed by atoms with Gasteiger partial charge in [0.2, 0.25) is 5.91 Å². The molecule has 1 saturated heterocycles. The fourth-order valence-electron chi connectivity index (χ4n) is 2.68. The second-order valence-corrected chi connectivity index (χ2v) is 8.16. The van der Waals surface area contributed by atoms with Gasteiger partial charge in [-0.05, 0) is 26.3 Å². The van der Waals surface area contributed by atoms with E-state index >= 15 is 0 Å². The van der Waals surface area contributed by atoms with Crippen LogP contribution in [0.5, 0.6) is 0 Å². The zero-order valence-electron chi connectivity index (χ0n) is 13.5. The van der Waals surface area contributed by atoms with Crippen molar-refractivity contribution in [3.05, 3.63) is 35.9 Å². The Bertz CT molecular complexity index is 509. The number of rotatable bonds is 5. The van der Waals surface area contributed by atoms with E-state index in [-0.39, 0.29) is 18.5 Å². The first-order valence-corrected chi connectivity index (χ1v) is 8.68. The van der Waals surface area contributed by atoms with E-state index < -0.39 is 17.0 Å².